The first-order valence-corrected chi connectivity index (χ1v) is 14.8. The molecule has 1 unspecified atom stereocenters. The average Bonchev–Trinajstić information content (AvgIpc) is 2.79. The molecule has 5 aliphatic carbocycles. The molecule has 6 heteroatoms. The van der Waals surface area contributed by atoms with Crippen LogP contribution in [0.15, 0.2) is 11.6 Å². The van der Waals surface area contributed by atoms with Gasteiger partial charge in [0, 0.05) is 30.1 Å². The van der Waals surface area contributed by atoms with Gasteiger partial charge in [-0.05, 0) is 90.9 Å². The molecule has 5 rings (SSSR count). The van der Waals surface area contributed by atoms with Gasteiger partial charge >= 0.3 is 5.97 Å². The Bertz CT molecular complexity index is 1130. The number of ether oxygens (including phenoxy) is 1. The Morgan fingerprint density at radius 3 is 2.18 bits per heavy atom. The molecule has 0 bridgehead atoms. The lowest BCUT2D eigenvalue weighted by molar-refractivity contribution is -0.314. The zero-order valence-electron chi connectivity index (χ0n) is 24.8. The van der Waals surface area contributed by atoms with Gasteiger partial charge in [0.05, 0.1) is 0 Å². The number of rotatable bonds is 2. The fourth-order valence-electron chi connectivity index (χ4n) is 10.8. The molecule has 0 heterocycles. The fraction of sp³-hybridized carbons (Fsp3) is 0.844. The maximum Gasteiger partial charge on any atom is 0.305 e. The summed E-state index contributed by atoms with van der Waals surface area (Å²) in [6, 6.07) is 0. The first-order valence-electron chi connectivity index (χ1n) is 14.8. The summed E-state index contributed by atoms with van der Waals surface area (Å²) < 4.78 is 5.57. The molecule has 0 aromatic heterocycles. The summed E-state index contributed by atoms with van der Waals surface area (Å²) in [7, 11) is 0. The van der Waals surface area contributed by atoms with Crippen LogP contribution in [-0.4, -0.2) is 28.6 Å². The number of aliphatic hydroxyl groups is 1. The van der Waals surface area contributed by atoms with Crippen molar-refractivity contribution in [2.45, 2.75) is 119 Å². The quantitative estimate of drug-likeness (QED) is 0.354. The molecule has 0 spiro atoms. The van der Waals surface area contributed by atoms with E-state index < -0.39 is 22.6 Å². The van der Waals surface area contributed by atoms with Crippen LogP contribution in [0, 0.1) is 50.2 Å². The van der Waals surface area contributed by atoms with Crippen molar-refractivity contribution in [3.8, 4) is 0 Å². The Morgan fingerprint density at radius 2 is 1.58 bits per heavy atom. The van der Waals surface area contributed by atoms with Crippen LogP contribution < -0.4 is 5.73 Å². The van der Waals surface area contributed by atoms with E-state index in [0.29, 0.717) is 12.8 Å². The Morgan fingerprint density at radius 1 is 0.947 bits per heavy atom. The second-order valence-corrected chi connectivity index (χ2v) is 15.7. The molecular weight excluding hydrogens is 478 g/mol. The second kappa shape index (κ2) is 7.95. The topological polar surface area (TPSA) is 107 Å². The predicted octanol–water partition coefficient (Wildman–Crippen LogP) is 5.70. The average molecular weight is 528 g/mol. The van der Waals surface area contributed by atoms with Crippen LogP contribution in [0.1, 0.15) is 113 Å². The minimum atomic E-state index is -1.53. The number of nitrogens with two attached hydrogens (primary N) is 1. The number of carbonyl (C=O) groups excluding carboxylic acids is 3. The molecular formula is C32H49NO5. The lowest BCUT2D eigenvalue weighted by Crippen LogP contribution is -2.69. The van der Waals surface area contributed by atoms with E-state index in [1.54, 1.807) is 0 Å². The third-order valence-electron chi connectivity index (χ3n) is 13.6. The molecule has 0 saturated heterocycles. The standard InChI is InChI=1S/C32H49NO5/c1-19(34)38-32(37)16-14-29(6)23(26(32,2)3)9-10-31(8)24(29)22(35)17-20-21-18-28(5,25(33)36)12-11-27(21,4)13-15-30(20,31)7/h17,21,23-24,37H,9-16,18H2,1-8H3,(H2,33,36)/t21-,23?,24-,27-,28+,29+,30-,31-,32-/m1/s1. The molecule has 0 aliphatic heterocycles. The summed E-state index contributed by atoms with van der Waals surface area (Å²) in [5.41, 5.74) is 5.34. The maximum absolute atomic E-state index is 14.4. The van der Waals surface area contributed by atoms with Crippen molar-refractivity contribution in [1.82, 2.24) is 0 Å². The van der Waals surface area contributed by atoms with E-state index in [1.807, 2.05) is 26.8 Å². The number of amides is 1. The van der Waals surface area contributed by atoms with Crippen molar-refractivity contribution in [3.05, 3.63) is 11.6 Å². The van der Waals surface area contributed by atoms with Gasteiger partial charge < -0.3 is 15.6 Å². The normalized spacial score (nSPS) is 51.4. The van der Waals surface area contributed by atoms with Gasteiger partial charge in [-0.15, -0.1) is 0 Å². The smallest absolute Gasteiger partial charge is 0.305 e. The molecule has 6 nitrogen and oxygen atoms in total. The Labute approximate surface area is 228 Å². The number of hydrogen-bond donors (Lipinski definition) is 2. The highest BCUT2D eigenvalue weighted by atomic mass is 16.7. The van der Waals surface area contributed by atoms with Crippen LogP contribution >= 0.6 is 0 Å². The summed E-state index contributed by atoms with van der Waals surface area (Å²) >= 11 is 0. The summed E-state index contributed by atoms with van der Waals surface area (Å²) in [6.45, 7) is 16.7. The number of primary amides is 1. The van der Waals surface area contributed by atoms with Crippen molar-refractivity contribution < 1.29 is 24.2 Å². The van der Waals surface area contributed by atoms with Gasteiger partial charge in [-0.25, -0.2) is 0 Å². The summed E-state index contributed by atoms with van der Waals surface area (Å²) in [4.78, 5) is 38.8. The molecule has 212 valence electrons. The van der Waals surface area contributed by atoms with Gasteiger partial charge in [-0.2, -0.15) is 0 Å². The highest BCUT2D eigenvalue weighted by Gasteiger charge is 2.72. The van der Waals surface area contributed by atoms with Crippen molar-refractivity contribution in [2.75, 3.05) is 0 Å². The van der Waals surface area contributed by atoms with E-state index in [2.05, 4.69) is 27.7 Å². The monoisotopic (exact) mass is 527 g/mol. The third-order valence-corrected chi connectivity index (χ3v) is 13.6. The number of hydrogen-bond acceptors (Lipinski definition) is 5. The zero-order valence-corrected chi connectivity index (χ0v) is 24.8. The highest BCUT2D eigenvalue weighted by Crippen LogP contribution is 2.75. The number of fused-ring (bicyclic) bond motifs is 7. The van der Waals surface area contributed by atoms with Crippen molar-refractivity contribution in [1.29, 1.82) is 0 Å². The van der Waals surface area contributed by atoms with Gasteiger partial charge in [-0.3, -0.25) is 14.4 Å². The van der Waals surface area contributed by atoms with Crippen LogP contribution in [0.25, 0.3) is 0 Å². The van der Waals surface area contributed by atoms with Crippen molar-refractivity contribution in [2.24, 2.45) is 56.0 Å². The van der Waals surface area contributed by atoms with Gasteiger partial charge in [0.15, 0.2) is 5.78 Å². The van der Waals surface area contributed by atoms with Gasteiger partial charge in [0.1, 0.15) is 0 Å². The molecule has 4 saturated carbocycles. The molecule has 3 N–H and O–H groups in total. The molecule has 0 radical (unpaired) electrons. The lowest BCUT2D eigenvalue weighted by atomic mass is 9.33. The molecule has 38 heavy (non-hydrogen) atoms. The van der Waals surface area contributed by atoms with Crippen LogP contribution in [-0.2, 0) is 19.1 Å². The van der Waals surface area contributed by atoms with Crippen LogP contribution in [0.4, 0.5) is 0 Å². The summed E-state index contributed by atoms with van der Waals surface area (Å²) in [5, 5.41) is 11.6. The van der Waals surface area contributed by atoms with Gasteiger partial charge in [-0.1, -0.05) is 54.0 Å². The minimum absolute atomic E-state index is 0.0374. The fourth-order valence-corrected chi connectivity index (χ4v) is 10.8. The SMILES string of the molecule is CC(=O)O[C@]1(O)CC[C@@]2(C)C(CC[C@]3(C)[C@@H]2C(=O)C=C2[C@H]4C[C@@](C)(C(N)=O)CC[C@]4(C)CC[C@]23C)C1(C)C. The second-order valence-electron chi connectivity index (χ2n) is 15.7. The molecule has 5 aliphatic rings. The largest absolute Gasteiger partial charge is 0.433 e. The van der Waals surface area contributed by atoms with Crippen LogP contribution in [0.5, 0.6) is 0 Å². The highest BCUT2D eigenvalue weighted by molar-refractivity contribution is 5.95. The number of allylic oxidation sites excluding steroid dienone is 2. The molecule has 0 aromatic rings. The Balaban J connectivity index is 1.59. The minimum Gasteiger partial charge on any atom is -0.433 e. The van der Waals surface area contributed by atoms with Crippen molar-refractivity contribution in [3.63, 3.8) is 0 Å². The first-order chi connectivity index (χ1) is 17.3. The summed E-state index contributed by atoms with van der Waals surface area (Å²) in [5.74, 6) is -1.98. The lowest BCUT2D eigenvalue weighted by Gasteiger charge is -2.71. The van der Waals surface area contributed by atoms with E-state index in [-0.39, 0.29) is 51.1 Å². The molecule has 4 fully saturated rings. The van der Waals surface area contributed by atoms with E-state index >= 15 is 0 Å². The number of esters is 1. The van der Waals surface area contributed by atoms with Crippen LogP contribution in [0.3, 0.4) is 0 Å². The molecule has 9 atom stereocenters. The van der Waals surface area contributed by atoms with E-state index in [1.165, 1.54) is 12.5 Å². The number of carbonyl (C=O) groups is 3. The Kier molecular flexibility index (Phi) is 5.83. The maximum atomic E-state index is 14.4. The Hall–Kier alpha value is -1.69. The van der Waals surface area contributed by atoms with E-state index in [4.69, 9.17) is 10.5 Å². The molecule has 1 amide bonds. The van der Waals surface area contributed by atoms with Gasteiger partial charge in [0.2, 0.25) is 11.7 Å². The molecule has 0 aromatic carbocycles. The third kappa shape index (κ3) is 3.31. The number of ketones is 1. The summed E-state index contributed by atoms with van der Waals surface area (Å²) in [6.07, 6.45) is 9.34. The van der Waals surface area contributed by atoms with Gasteiger partial charge in [0.25, 0.3) is 0 Å². The van der Waals surface area contributed by atoms with E-state index in [0.717, 1.165) is 44.9 Å². The first kappa shape index (κ1) is 27.9. The van der Waals surface area contributed by atoms with Crippen LogP contribution in [0.2, 0.25) is 0 Å². The predicted molar refractivity (Wildman–Crippen MR) is 145 cm³/mol. The zero-order chi connectivity index (χ0) is 28.3. The van der Waals surface area contributed by atoms with E-state index in [9.17, 15) is 19.5 Å². The van der Waals surface area contributed by atoms with Crippen molar-refractivity contribution >= 4 is 17.7 Å².